The predicted molar refractivity (Wildman–Crippen MR) is 106 cm³/mol. The van der Waals surface area contributed by atoms with Gasteiger partial charge in [-0.3, -0.25) is 9.59 Å². The zero-order valence-corrected chi connectivity index (χ0v) is 17.9. The number of carbonyl (C=O) groups excluding carboxylic acids is 2. The predicted octanol–water partition coefficient (Wildman–Crippen LogP) is 1.47. The largest absolute Gasteiger partial charge is 0.337 e. The molecule has 3 fully saturated rings. The Morgan fingerprint density at radius 3 is 2.41 bits per heavy atom. The van der Waals surface area contributed by atoms with Crippen molar-refractivity contribution in [2.24, 2.45) is 5.92 Å². The minimum atomic E-state index is -3.60. The lowest BCUT2D eigenvalue weighted by atomic mass is 9.94. The number of hydrogen-bond donors (Lipinski definition) is 0. The molecule has 3 aliphatic heterocycles. The highest BCUT2D eigenvalue weighted by Crippen LogP contribution is 2.40. The average molecular weight is 422 g/mol. The molecule has 3 aliphatic rings. The van der Waals surface area contributed by atoms with Gasteiger partial charge >= 0.3 is 0 Å². The Kier molecular flexibility index (Phi) is 7.55. The van der Waals surface area contributed by atoms with Crippen molar-refractivity contribution in [2.45, 2.75) is 64.0 Å². The molecule has 3 atom stereocenters. The quantitative estimate of drug-likeness (QED) is 0.649. The van der Waals surface area contributed by atoms with Crippen molar-refractivity contribution < 1.29 is 18.0 Å². The average Bonchev–Trinajstić information content (AvgIpc) is 3.12. The van der Waals surface area contributed by atoms with Gasteiger partial charge in [0.25, 0.3) is 0 Å². The van der Waals surface area contributed by atoms with Crippen molar-refractivity contribution in [3.05, 3.63) is 0 Å². The van der Waals surface area contributed by atoms with Crippen LogP contribution in [0.4, 0.5) is 0 Å². The van der Waals surface area contributed by atoms with Gasteiger partial charge in [0.1, 0.15) is 0 Å². The Morgan fingerprint density at radius 1 is 1.15 bits per heavy atom. The highest BCUT2D eigenvalue weighted by molar-refractivity contribution is 7.88. The number of nitrogens with zero attached hydrogens (tertiary/aromatic N) is 3. The second kappa shape index (κ2) is 9.09. The van der Waals surface area contributed by atoms with Crippen LogP contribution in [0.1, 0.15) is 51.9 Å². The molecule has 0 saturated carbocycles. The summed E-state index contributed by atoms with van der Waals surface area (Å²) in [5, 5.41) is 0. The summed E-state index contributed by atoms with van der Waals surface area (Å²) in [6.07, 6.45) is 7.18. The number of hydrogen-bond acceptors (Lipinski definition) is 5. The third kappa shape index (κ3) is 4.59. The first-order valence-electron chi connectivity index (χ1n) is 9.89. The molecule has 0 radical (unpaired) electrons. The fourth-order valence-electron chi connectivity index (χ4n) is 4.90. The van der Waals surface area contributed by atoms with Gasteiger partial charge < -0.3 is 9.80 Å². The van der Waals surface area contributed by atoms with Crippen LogP contribution in [0.25, 0.3) is 0 Å². The smallest absolute Gasteiger partial charge is 0.241 e. The van der Waals surface area contributed by atoms with E-state index in [0.717, 1.165) is 36.6 Å². The summed E-state index contributed by atoms with van der Waals surface area (Å²) >= 11 is 0. The Balaban J connectivity index is 0.00000261. The third-order valence-electron chi connectivity index (χ3n) is 6.04. The van der Waals surface area contributed by atoms with Crippen LogP contribution in [0.15, 0.2) is 0 Å². The number of halogens is 1. The second-order valence-electron chi connectivity index (χ2n) is 7.88. The Hall–Kier alpha value is -0.860. The minimum absolute atomic E-state index is 0. The van der Waals surface area contributed by atoms with Gasteiger partial charge in [-0.2, -0.15) is 0 Å². The molecule has 0 aromatic heterocycles. The van der Waals surface area contributed by atoms with Crippen molar-refractivity contribution >= 4 is 34.2 Å². The van der Waals surface area contributed by atoms with Crippen molar-refractivity contribution in [3.63, 3.8) is 0 Å². The molecule has 3 unspecified atom stereocenters. The van der Waals surface area contributed by atoms with E-state index in [1.54, 1.807) is 4.90 Å². The summed E-state index contributed by atoms with van der Waals surface area (Å²) in [6, 6.07) is -0.668. The van der Waals surface area contributed by atoms with Gasteiger partial charge in [0.05, 0.1) is 24.3 Å². The van der Waals surface area contributed by atoms with E-state index in [4.69, 9.17) is 0 Å². The van der Waals surface area contributed by atoms with Crippen molar-refractivity contribution in [3.8, 4) is 0 Å². The van der Waals surface area contributed by atoms with E-state index in [9.17, 15) is 18.0 Å². The second-order valence-corrected chi connectivity index (χ2v) is 9.74. The van der Waals surface area contributed by atoms with Crippen molar-refractivity contribution in [2.75, 3.05) is 32.4 Å². The SMILES string of the molecule is CCCC1C(=O)N(S(C)(=O)=O)C2CCN(C(=O)CCN3CCCCC3)C12.Cl. The third-order valence-corrected chi connectivity index (χ3v) is 7.20. The normalized spacial score (nSPS) is 29.0. The molecular weight excluding hydrogens is 390 g/mol. The lowest BCUT2D eigenvalue weighted by Crippen LogP contribution is -2.44. The molecular formula is C18H32ClN3O4S. The molecule has 3 rings (SSSR count). The van der Waals surface area contributed by atoms with Gasteiger partial charge in [-0.05, 0) is 38.8 Å². The van der Waals surface area contributed by atoms with Gasteiger partial charge in [0.2, 0.25) is 21.8 Å². The lowest BCUT2D eigenvalue weighted by Gasteiger charge is -2.30. The number of amides is 2. The van der Waals surface area contributed by atoms with Gasteiger partial charge in [-0.25, -0.2) is 12.7 Å². The molecule has 0 N–H and O–H groups in total. The highest BCUT2D eigenvalue weighted by atomic mass is 35.5. The van der Waals surface area contributed by atoms with Crippen LogP contribution in [-0.4, -0.2) is 78.9 Å². The van der Waals surface area contributed by atoms with Crippen LogP contribution in [0.3, 0.4) is 0 Å². The maximum atomic E-state index is 12.9. The van der Waals surface area contributed by atoms with Crippen molar-refractivity contribution in [1.82, 2.24) is 14.1 Å². The first-order valence-corrected chi connectivity index (χ1v) is 11.7. The molecule has 7 nitrogen and oxygen atoms in total. The molecule has 3 heterocycles. The number of fused-ring (bicyclic) bond motifs is 1. The molecule has 0 spiro atoms. The summed E-state index contributed by atoms with van der Waals surface area (Å²) in [6.45, 7) is 5.40. The van der Waals surface area contributed by atoms with E-state index in [-0.39, 0.29) is 42.2 Å². The Labute approximate surface area is 168 Å². The minimum Gasteiger partial charge on any atom is -0.337 e. The fraction of sp³-hybridized carbons (Fsp3) is 0.889. The molecule has 156 valence electrons. The zero-order valence-electron chi connectivity index (χ0n) is 16.3. The van der Waals surface area contributed by atoms with E-state index in [1.165, 1.54) is 19.3 Å². The van der Waals surface area contributed by atoms with Crippen LogP contribution < -0.4 is 0 Å². The van der Waals surface area contributed by atoms with Crippen LogP contribution >= 0.6 is 12.4 Å². The Morgan fingerprint density at radius 2 is 1.81 bits per heavy atom. The number of rotatable bonds is 6. The van der Waals surface area contributed by atoms with Gasteiger partial charge in [0, 0.05) is 19.5 Å². The molecule has 27 heavy (non-hydrogen) atoms. The van der Waals surface area contributed by atoms with E-state index in [1.807, 2.05) is 6.92 Å². The molecule has 0 aromatic carbocycles. The summed E-state index contributed by atoms with van der Waals surface area (Å²) < 4.78 is 25.3. The molecule has 3 saturated heterocycles. The standard InChI is InChI=1S/C18H31N3O4S.ClH/c1-3-7-14-17-15(21(18(14)23)26(2,24)25)8-13-20(17)16(22)9-12-19-10-5-4-6-11-19;/h14-15,17H,3-13H2,1-2H3;1H. The zero-order chi connectivity index (χ0) is 18.9. The lowest BCUT2D eigenvalue weighted by molar-refractivity contribution is -0.134. The first kappa shape index (κ1) is 22.4. The van der Waals surface area contributed by atoms with Gasteiger partial charge in [0.15, 0.2) is 0 Å². The van der Waals surface area contributed by atoms with E-state index < -0.39 is 10.0 Å². The summed E-state index contributed by atoms with van der Waals surface area (Å²) in [5.74, 6) is -0.647. The van der Waals surface area contributed by atoms with Crippen LogP contribution in [0.2, 0.25) is 0 Å². The number of carbonyl (C=O) groups is 2. The first-order chi connectivity index (χ1) is 12.3. The maximum Gasteiger partial charge on any atom is 0.241 e. The fourth-order valence-corrected chi connectivity index (χ4v) is 6.08. The number of likely N-dealkylation sites (tertiary alicyclic amines) is 2. The molecule has 9 heteroatoms. The van der Waals surface area contributed by atoms with Crippen LogP contribution in [0.5, 0.6) is 0 Å². The summed E-state index contributed by atoms with van der Waals surface area (Å²) in [4.78, 5) is 29.7. The summed E-state index contributed by atoms with van der Waals surface area (Å²) in [5.41, 5.74) is 0. The monoisotopic (exact) mass is 421 g/mol. The number of sulfonamides is 1. The van der Waals surface area contributed by atoms with Crippen LogP contribution in [0, 0.1) is 5.92 Å². The topological polar surface area (TPSA) is 78.0 Å². The molecule has 0 aromatic rings. The Bertz CT molecular complexity index is 651. The van der Waals surface area contributed by atoms with Gasteiger partial charge in [-0.15, -0.1) is 12.4 Å². The van der Waals surface area contributed by atoms with Crippen LogP contribution in [-0.2, 0) is 19.6 Å². The van der Waals surface area contributed by atoms with E-state index in [2.05, 4.69) is 4.90 Å². The van der Waals surface area contributed by atoms with E-state index in [0.29, 0.717) is 25.8 Å². The number of piperidine rings is 1. The van der Waals surface area contributed by atoms with E-state index >= 15 is 0 Å². The maximum absolute atomic E-state index is 12.9. The van der Waals surface area contributed by atoms with Gasteiger partial charge in [-0.1, -0.05) is 19.8 Å². The molecule has 0 aliphatic carbocycles. The highest BCUT2D eigenvalue weighted by Gasteiger charge is 2.56. The van der Waals surface area contributed by atoms with Crippen molar-refractivity contribution in [1.29, 1.82) is 0 Å². The molecule has 2 amide bonds. The molecule has 0 bridgehead atoms. The summed E-state index contributed by atoms with van der Waals surface area (Å²) in [7, 11) is -3.60.